The van der Waals surface area contributed by atoms with Crippen LogP contribution in [0.5, 0.6) is 0 Å². The number of halogens is 1. The Hall–Kier alpha value is -1.63. The van der Waals surface area contributed by atoms with Gasteiger partial charge in [-0.15, -0.1) is 16.7 Å². The van der Waals surface area contributed by atoms with Crippen molar-refractivity contribution in [2.75, 3.05) is 19.5 Å². The predicted molar refractivity (Wildman–Crippen MR) is 55.1 cm³/mol. The molecule has 0 atom stereocenters. The highest BCUT2D eigenvalue weighted by atomic mass is 35.5. The van der Waals surface area contributed by atoms with E-state index in [0.717, 1.165) is 0 Å². The van der Waals surface area contributed by atoms with Gasteiger partial charge in [-0.05, 0) is 0 Å². The van der Waals surface area contributed by atoms with E-state index in [4.69, 9.17) is 11.6 Å². The Morgan fingerprint density at radius 1 is 1.62 bits per heavy atom. The summed E-state index contributed by atoms with van der Waals surface area (Å²) in [4.78, 5) is 21.8. The monoisotopic (exact) mass is 246 g/mol. The van der Waals surface area contributed by atoms with Gasteiger partial charge in [0.1, 0.15) is 5.88 Å². The van der Waals surface area contributed by atoms with Crippen LogP contribution in [0.15, 0.2) is 6.20 Å². The fraction of sp³-hybridized carbons (Fsp3) is 0.500. The van der Waals surface area contributed by atoms with E-state index in [-0.39, 0.29) is 17.5 Å². The van der Waals surface area contributed by atoms with Crippen molar-refractivity contribution in [3.05, 3.63) is 11.9 Å². The van der Waals surface area contributed by atoms with Gasteiger partial charge in [0, 0.05) is 6.54 Å². The van der Waals surface area contributed by atoms with Crippen molar-refractivity contribution in [1.29, 1.82) is 0 Å². The SMILES string of the molecule is COC(=O)c1cn(CCNC(=O)CCl)nn1. The summed E-state index contributed by atoms with van der Waals surface area (Å²) in [7, 11) is 1.27. The molecule has 1 aromatic rings. The zero-order valence-corrected chi connectivity index (χ0v) is 9.40. The number of carbonyl (C=O) groups is 2. The number of alkyl halides is 1. The topological polar surface area (TPSA) is 86.1 Å². The molecular weight excluding hydrogens is 236 g/mol. The summed E-state index contributed by atoms with van der Waals surface area (Å²) in [5.41, 5.74) is 0.131. The van der Waals surface area contributed by atoms with Gasteiger partial charge in [-0.1, -0.05) is 5.21 Å². The number of amides is 1. The van der Waals surface area contributed by atoms with Crippen LogP contribution in [0, 0.1) is 0 Å². The van der Waals surface area contributed by atoms with Crippen molar-refractivity contribution in [3.8, 4) is 0 Å². The Balaban J connectivity index is 2.41. The third kappa shape index (κ3) is 3.50. The van der Waals surface area contributed by atoms with Gasteiger partial charge in [0.05, 0.1) is 19.9 Å². The molecule has 1 amide bonds. The molecule has 88 valence electrons. The van der Waals surface area contributed by atoms with E-state index in [0.29, 0.717) is 13.1 Å². The first-order chi connectivity index (χ1) is 7.67. The van der Waals surface area contributed by atoms with Crippen molar-refractivity contribution in [1.82, 2.24) is 20.3 Å². The van der Waals surface area contributed by atoms with Gasteiger partial charge in [0.25, 0.3) is 0 Å². The third-order valence-corrected chi connectivity index (χ3v) is 1.96. The summed E-state index contributed by atoms with van der Waals surface area (Å²) >= 11 is 5.29. The number of nitrogens with one attached hydrogen (secondary N) is 1. The highest BCUT2D eigenvalue weighted by molar-refractivity contribution is 6.27. The first-order valence-electron chi connectivity index (χ1n) is 4.48. The van der Waals surface area contributed by atoms with Crippen LogP contribution in [-0.4, -0.2) is 46.4 Å². The minimum absolute atomic E-state index is 0.0786. The summed E-state index contributed by atoms with van der Waals surface area (Å²) < 4.78 is 5.90. The lowest BCUT2D eigenvalue weighted by molar-refractivity contribution is -0.118. The zero-order chi connectivity index (χ0) is 12.0. The second kappa shape index (κ2) is 6.06. The van der Waals surface area contributed by atoms with E-state index in [9.17, 15) is 9.59 Å². The third-order valence-electron chi connectivity index (χ3n) is 1.72. The van der Waals surface area contributed by atoms with Crippen LogP contribution < -0.4 is 5.32 Å². The molecule has 0 aliphatic heterocycles. The molecular formula is C8H11ClN4O3. The Morgan fingerprint density at radius 3 is 3.00 bits per heavy atom. The number of carbonyl (C=O) groups excluding carboxylic acids is 2. The number of ether oxygens (including phenoxy) is 1. The van der Waals surface area contributed by atoms with Crippen LogP contribution in [0.3, 0.4) is 0 Å². The summed E-state index contributed by atoms with van der Waals surface area (Å²) in [5.74, 6) is -0.879. The van der Waals surface area contributed by atoms with E-state index in [1.807, 2.05) is 0 Å². The maximum Gasteiger partial charge on any atom is 0.360 e. The number of aromatic nitrogens is 3. The van der Waals surface area contributed by atoms with Crippen LogP contribution in [0.1, 0.15) is 10.5 Å². The van der Waals surface area contributed by atoms with Gasteiger partial charge in [-0.3, -0.25) is 4.79 Å². The molecule has 1 N–H and O–H groups in total. The lowest BCUT2D eigenvalue weighted by Gasteiger charge is -2.01. The van der Waals surface area contributed by atoms with E-state index in [2.05, 4.69) is 20.4 Å². The Kier molecular flexibility index (Phi) is 4.71. The first-order valence-corrected chi connectivity index (χ1v) is 5.02. The van der Waals surface area contributed by atoms with Crippen molar-refractivity contribution in [3.63, 3.8) is 0 Å². The standard InChI is InChI=1S/C8H11ClN4O3/c1-16-8(15)6-5-13(12-11-6)3-2-10-7(14)4-9/h5H,2-4H2,1H3,(H,10,14). The molecule has 1 rings (SSSR count). The number of esters is 1. The summed E-state index contributed by atoms with van der Waals surface area (Å²) in [5, 5.41) is 9.85. The zero-order valence-electron chi connectivity index (χ0n) is 8.64. The van der Waals surface area contributed by atoms with Crippen molar-refractivity contribution >= 4 is 23.5 Å². The summed E-state index contributed by atoms with van der Waals surface area (Å²) in [6.07, 6.45) is 1.44. The van der Waals surface area contributed by atoms with Gasteiger partial charge >= 0.3 is 5.97 Å². The second-order valence-corrected chi connectivity index (χ2v) is 3.11. The predicted octanol–water partition coefficient (Wildman–Crippen LogP) is -0.580. The van der Waals surface area contributed by atoms with Gasteiger partial charge in [-0.2, -0.15) is 0 Å². The van der Waals surface area contributed by atoms with Crippen LogP contribution in [0.4, 0.5) is 0 Å². The van der Waals surface area contributed by atoms with Crippen molar-refractivity contribution in [2.45, 2.75) is 6.54 Å². The maximum atomic E-state index is 11.0. The number of hydrogen-bond acceptors (Lipinski definition) is 5. The first kappa shape index (κ1) is 12.4. The number of hydrogen-bond donors (Lipinski definition) is 1. The van der Waals surface area contributed by atoms with E-state index in [1.54, 1.807) is 0 Å². The lowest BCUT2D eigenvalue weighted by Crippen LogP contribution is -2.28. The largest absolute Gasteiger partial charge is 0.464 e. The van der Waals surface area contributed by atoms with E-state index < -0.39 is 5.97 Å². The molecule has 7 nitrogen and oxygen atoms in total. The molecule has 0 saturated heterocycles. The van der Waals surface area contributed by atoms with Crippen LogP contribution in [0.25, 0.3) is 0 Å². The van der Waals surface area contributed by atoms with Crippen LogP contribution in [-0.2, 0) is 16.1 Å². The summed E-state index contributed by atoms with van der Waals surface area (Å²) in [6.45, 7) is 0.780. The number of methoxy groups -OCH3 is 1. The van der Waals surface area contributed by atoms with Gasteiger partial charge < -0.3 is 10.1 Å². The molecule has 0 unspecified atom stereocenters. The quantitative estimate of drug-likeness (QED) is 0.555. The van der Waals surface area contributed by atoms with E-state index in [1.165, 1.54) is 18.0 Å². The molecule has 16 heavy (non-hydrogen) atoms. The molecule has 0 fully saturated rings. The Bertz CT molecular complexity index is 379. The highest BCUT2D eigenvalue weighted by Gasteiger charge is 2.10. The maximum absolute atomic E-state index is 11.0. The molecule has 0 saturated carbocycles. The molecule has 0 radical (unpaired) electrons. The molecule has 0 aromatic carbocycles. The number of nitrogens with zero attached hydrogens (tertiary/aromatic N) is 3. The smallest absolute Gasteiger partial charge is 0.360 e. The van der Waals surface area contributed by atoms with Crippen LogP contribution >= 0.6 is 11.6 Å². The molecule has 0 spiro atoms. The fourth-order valence-corrected chi connectivity index (χ4v) is 1.06. The molecule has 0 aliphatic carbocycles. The lowest BCUT2D eigenvalue weighted by atomic mass is 10.5. The Morgan fingerprint density at radius 2 is 2.38 bits per heavy atom. The molecule has 1 aromatic heterocycles. The average molecular weight is 247 g/mol. The van der Waals surface area contributed by atoms with Gasteiger partial charge in [0.15, 0.2) is 5.69 Å². The fourth-order valence-electron chi connectivity index (χ4n) is 0.963. The molecule has 0 bridgehead atoms. The molecule has 0 aliphatic rings. The number of rotatable bonds is 5. The molecule has 1 heterocycles. The van der Waals surface area contributed by atoms with Crippen molar-refractivity contribution < 1.29 is 14.3 Å². The highest BCUT2D eigenvalue weighted by Crippen LogP contribution is 1.94. The van der Waals surface area contributed by atoms with Gasteiger partial charge in [0.2, 0.25) is 5.91 Å². The van der Waals surface area contributed by atoms with Crippen LogP contribution in [0.2, 0.25) is 0 Å². The molecule has 8 heteroatoms. The minimum atomic E-state index is -0.545. The second-order valence-electron chi connectivity index (χ2n) is 2.84. The Labute approximate surface area is 96.7 Å². The minimum Gasteiger partial charge on any atom is -0.464 e. The summed E-state index contributed by atoms with van der Waals surface area (Å²) in [6, 6.07) is 0. The average Bonchev–Trinajstić information content (AvgIpc) is 2.76. The normalized spacial score (nSPS) is 9.88. The van der Waals surface area contributed by atoms with E-state index >= 15 is 0 Å². The van der Waals surface area contributed by atoms with Gasteiger partial charge in [-0.25, -0.2) is 9.48 Å². The van der Waals surface area contributed by atoms with Crippen molar-refractivity contribution in [2.24, 2.45) is 0 Å².